The minimum atomic E-state index is 0.00723. The van der Waals surface area contributed by atoms with Crippen molar-refractivity contribution >= 4 is 17.2 Å². The molecule has 94 valence electrons. The van der Waals surface area contributed by atoms with E-state index in [9.17, 15) is 4.79 Å². The zero-order valence-electron chi connectivity index (χ0n) is 10.1. The Morgan fingerprint density at radius 2 is 2.44 bits per heavy atom. The minimum absolute atomic E-state index is 0.00723. The van der Waals surface area contributed by atoms with Gasteiger partial charge in [-0.3, -0.25) is 4.79 Å². The van der Waals surface area contributed by atoms with Gasteiger partial charge >= 0.3 is 0 Å². The monoisotopic (exact) mass is 262 g/mol. The van der Waals surface area contributed by atoms with Crippen LogP contribution < -0.4 is 0 Å². The predicted molar refractivity (Wildman–Crippen MR) is 68.5 cm³/mol. The highest BCUT2D eigenvalue weighted by Gasteiger charge is 2.32. The summed E-state index contributed by atoms with van der Waals surface area (Å²) in [5.74, 6) is 0.890. The molecule has 0 spiro atoms. The average Bonchev–Trinajstić information content (AvgIpc) is 3.09. The lowest BCUT2D eigenvalue weighted by Crippen LogP contribution is -2.31. The number of amides is 1. The van der Waals surface area contributed by atoms with Crippen LogP contribution in [-0.2, 0) is 0 Å². The first-order valence-corrected chi connectivity index (χ1v) is 6.90. The number of hydrogen-bond acceptors (Lipinski definition) is 4. The lowest BCUT2D eigenvalue weighted by Gasteiger charge is -2.22. The maximum atomic E-state index is 12.3. The number of rotatable bonds is 2. The van der Waals surface area contributed by atoms with Gasteiger partial charge in [0.15, 0.2) is 0 Å². The van der Waals surface area contributed by atoms with Crippen molar-refractivity contribution in [2.75, 3.05) is 6.54 Å². The van der Waals surface area contributed by atoms with Crippen molar-refractivity contribution < 1.29 is 4.79 Å². The molecule has 1 atom stereocenters. The van der Waals surface area contributed by atoms with Crippen molar-refractivity contribution in [2.24, 2.45) is 0 Å². The fourth-order valence-corrected chi connectivity index (χ4v) is 2.89. The highest BCUT2D eigenvalue weighted by atomic mass is 32.1. The van der Waals surface area contributed by atoms with Crippen LogP contribution in [0.2, 0.25) is 0 Å². The van der Waals surface area contributed by atoms with E-state index in [4.69, 9.17) is 0 Å². The lowest BCUT2D eigenvalue weighted by molar-refractivity contribution is 0.0725. The molecule has 0 aliphatic carbocycles. The maximum absolute atomic E-state index is 12.3. The average molecular weight is 262 g/mol. The molecule has 0 bridgehead atoms. The summed E-state index contributed by atoms with van der Waals surface area (Å²) in [5.41, 5.74) is 3.25. The van der Waals surface area contributed by atoms with Gasteiger partial charge in [0.25, 0.3) is 5.91 Å². The van der Waals surface area contributed by atoms with Gasteiger partial charge in [0.2, 0.25) is 0 Å². The third-order valence-electron chi connectivity index (χ3n) is 3.20. The Kier molecular flexibility index (Phi) is 2.87. The van der Waals surface area contributed by atoms with Crippen molar-refractivity contribution in [3.8, 4) is 0 Å². The molecule has 3 heterocycles. The van der Waals surface area contributed by atoms with Crippen molar-refractivity contribution in [1.29, 1.82) is 0 Å². The Labute approximate surface area is 109 Å². The molecule has 18 heavy (non-hydrogen) atoms. The van der Waals surface area contributed by atoms with E-state index in [-0.39, 0.29) is 11.9 Å². The van der Waals surface area contributed by atoms with Gasteiger partial charge in [0, 0.05) is 23.8 Å². The van der Waals surface area contributed by atoms with E-state index in [1.807, 2.05) is 11.8 Å². The molecule has 1 aliphatic heterocycles. The quantitative estimate of drug-likeness (QED) is 0.902. The second-order valence-corrected chi connectivity index (χ2v) is 5.20. The van der Waals surface area contributed by atoms with E-state index in [0.29, 0.717) is 5.69 Å². The normalized spacial score (nSPS) is 19.4. The zero-order valence-corrected chi connectivity index (χ0v) is 10.9. The van der Waals surface area contributed by atoms with Gasteiger partial charge in [0.1, 0.15) is 11.5 Å². The number of carbonyl (C=O) groups is 1. The Hall–Kier alpha value is -1.69. The maximum Gasteiger partial charge on any atom is 0.273 e. The largest absolute Gasteiger partial charge is 0.344 e. The fourth-order valence-electron chi connectivity index (χ4n) is 2.36. The molecule has 1 saturated heterocycles. The predicted octanol–water partition coefficient (Wildman–Crippen LogP) is 2.15. The molecule has 0 radical (unpaired) electrons. The molecule has 6 heteroatoms. The van der Waals surface area contributed by atoms with Gasteiger partial charge in [-0.15, -0.1) is 11.3 Å². The third kappa shape index (κ3) is 1.92. The number of aryl methyl sites for hydroxylation is 1. The summed E-state index contributed by atoms with van der Waals surface area (Å²) in [6.07, 6.45) is 3.78. The number of nitrogens with zero attached hydrogens (tertiary/aromatic N) is 3. The summed E-state index contributed by atoms with van der Waals surface area (Å²) in [7, 11) is 0. The summed E-state index contributed by atoms with van der Waals surface area (Å²) >= 11 is 1.45. The number of H-pyrrole nitrogens is 1. The van der Waals surface area contributed by atoms with Crippen LogP contribution in [0.5, 0.6) is 0 Å². The van der Waals surface area contributed by atoms with Crippen molar-refractivity contribution in [3.63, 3.8) is 0 Å². The molecular weight excluding hydrogens is 248 g/mol. The molecule has 1 fully saturated rings. The van der Waals surface area contributed by atoms with Crippen LogP contribution in [0.15, 0.2) is 17.1 Å². The Bertz CT molecular complexity index is 548. The number of imidazole rings is 1. The number of aromatic nitrogens is 3. The van der Waals surface area contributed by atoms with Crippen LogP contribution in [0.1, 0.15) is 40.9 Å². The standard InChI is InChI=1S/C12H14N4OS/c1-8-5-13-11(15-8)10-3-2-4-16(10)12(17)9-6-18-7-14-9/h5-7,10H,2-4H2,1H3,(H,13,15)/t10-/m0/s1. The Morgan fingerprint density at radius 1 is 1.56 bits per heavy atom. The molecule has 5 nitrogen and oxygen atoms in total. The number of thiazole rings is 1. The highest BCUT2D eigenvalue weighted by Crippen LogP contribution is 2.31. The van der Waals surface area contributed by atoms with E-state index in [0.717, 1.165) is 30.9 Å². The molecule has 2 aromatic rings. The van der Waals surface area contributed by atoms with Crippen LogP contribution in [-0.4, -0.2) is 32.3 Å². The van der Waals surface area contributed by atoms with E-state index in [1.54, 1.807) is 17.1 Å². The van der Waals surface area contributed by atoms with Crippen LogP contribution in [0.3, 0.4) is 0 Å². The lowest BCUT2D eigenvalue weighted by atomic mass is 10.2. The van der Waals surface area contributed by atoms with Crippen molar-refractivity contribution in [2.45, 2.75) is 25.8 Å². The first kappa shape index (κ1) is 11.4. The molecule has 1 aliphatic rings. The fraction of sp³-hybridized carbons (Fsp3) is 0.417. The van der Waals surface area contributed by atoms with Crippen molar-refractivity contribution in [3.05, 3.63) is 34.3 Å². The first-order chi connectivity index (χ1) is 8.75. The van der Waals surface area contributed by atoms with E-state index in [2.05, 4.69) is 15.0 Å². The van der Waals surface area contributed by atoms with Gasteiger partial charge in [-0.2, -0.15) is 0 Å². The number of hydrogen-bond donors (Lipinski definition) is 1. The topological polar surface area (TPSA) is 61.9 Å². The molecule has 1 N–H and O–H groups in total. The van der Waals surface area contributed by atoms with Crippen LogP contribution in [0, 0.1) is 6.92 Å². The zero-order chi connectivity index (χ0) is 12.5. The summed E-state index contributed by atoms with van der Waals surface area (Å²) in [4.78, 5) is 25.9. The number of nitrogens with one attached hydrogen (secondary N) is 1. The van der Waals surface area contributed by atoms with E-state index >= 15 is 0 Å². The molecule has 1 amide bonds. The SMILES string of the molecule is Cc1cnc([C@@H]2CCCN2C(=O)c2cscn2)[nH]1. The second kappa shape index (κ2) is 4.53. The van der Waals surface area contributed by atoms with Gasteiger partial charge < -0.3 is 9.88 Å². The highest BCUT2D eigenvalue weighted by molar-refractivity contribution is 7.07. The summed E-state index contributed by atoms with van der Waals surface area (Å²) < 4.78 is 0. The summed E-state index contributed by atoms with van der Waals surface area (Å²) in [6.45, 7) is 2.75. The number of aromatic amines is 1. The summed E-state index contributed by atoms with van der Waals surface area (Å²) in [5, 5.41) is 1.80. The minimum Gasteiger partial charge on any atom is -0.344 e. The molecule has 0 saturated carbocycles. The molecule has 0 unspecified atom stereocenters. The molecule has 3 rings (SSSR count). The first-order valence-electron chi connectivity index (χ1n) is 5.96. The van der Waals surface area contributed by atoms with Gasteiger partial charge in [0.05, 0.1) is 11.6 Å². The third-order valence-corrected chi connectivity index (χ3v) is 3.79. The summed E-state index contributed by atoms with van der Waals surface area (Å²) in [6, 6.07) is 0.0629. The van der Waals surface area contributed by atoms with Crippen molar-refractivity contribution in [1.82, 2.24) is 19.9 Å². The Morgan fingerprint density at radius 3 is 3.11 bits per heavy atom. The molecule has 2 aromatic heterocycles. The smallest absolute Gasteiger partial charge is 0.273 e. The van der Waals surface area contributed by atoms with Gasteiger partial charge in [-0.1, -0.05) is 0 Å². The molecule has 0 aromatic carbocycles. The van der Waals surface area contributed by atoms with E-state index in [1.165, 1.54) is 11.3 Å². The second-order valence-electron chi connectivity index (χ2n) is 4.48. The Balaban J connectivity index is 1.85. The van der Waals surface area contributed by atoms with Crippen LogP contribution in [0.25, 0.3) is 0 Å². The van der Waals surface area contributed by atoms with Crippen LogP contribution in [0.4, 0.5) is 0 Å². The van der Waals surface area contributed by atoms with Gasteiger partial charge in [-0.25, -0.2) is 9.97 Å². The number of likely N-dealkylation sites (tertiary alicyclic amines) is 1. The van der Waals surface area contributed by atoms with E-state index < -0.39 is 0 Å². The van der Waals surface area contributed by atoms with Crippen LogP contribution >= 0.6 is 11.3 Å². The number of carbonyl (C=O) groups excluding carboxylic acids is 1. The molecular formula is C12H14N4OS. The van der Waals surface area contributed by atoms with Gasteiger partial charge in [-0.05, 0) is 19.8 Å².